The fraction of sp³-hybridized carbons (Fsp3) is 0.722. The van der Waals surface area contributed by atoms with Crippen molar-refractivity contribution in [2.24, 2.45) is 4.99 Å². The van der Waals surface area contributed by atoms with Crippen molar-refractivity contribution in [3.05, 3.63) is 17.8 Å². The first-order valence-electron chi connectivity index (χ1n) is 9.56. The zero-order valence-corrected chi connectivity index (χ0v) is 20.6. The van der Waals surface area contributed by atoms with Crippen molar-refractivity contribution in [2.45, 2.75) is 58.5 Å². The van der Waals surface area contributed by atoms with E-state index in [-0.39, 0.29) is 65.8 Å². The average Bonchev–Trinajstić information content (AvgIpc) is 3.19. The zero-order chi connectivity index (χ0) is 20.8. The quantitative estimate of drug-likeness (QED) is 0.270. The van der Waals surface area contributed by atoms with Gasteiger partial charge in [-0.2, -0.15) is 0 Å². The number of nitrogens with zero attached hydrogens (tertiary/aromatic N) is 2. The van der Waals surface area contributed by atoms with Gasteiger partial charge < -0.3 is 20.4 Å². The molecule has 166 valence electrons. The van der Waals surface area contributed by atoms with E-state index in [0.717, 1.165) is 5.76 Å². The molecule has 1 saturated heterocycles. The largest absolute Gasteiger partial charge is 0.443 e. The summed E-state index contributed by atoms with van der Waals surface area (Å²) in [5.41, 5.74) is -0.107. The van der Waals surface area contributed by atoms with E-state index in [1.807, 2.05) is 6.92 Å². The van der Waals surface area contributed by atoms with Gasteiger partial charge in [0.05, 0.1) is 17.7 Å². The lowest BCUT2D eigenvalue weighted by molar-refractivity contribution is -0.121. The maximum atomic E-state index is 12.0. The molecule has 1 fully saturated rings. The van der Waals surface area contributed by atoms with Crippen LogP contribution in [0.5, 0.6) is 0 Å². The van der Waals surface area contributed by atoms with E-state index in [0.29, 0.717) is 31.4 Å². The van der Waals surface area contributed by atoms with Crippen molar-refractivity contribution in [1.29, 1.82) is 0 Å². The summed E-state index contributed by atoms with van der Waals surface area (Å²) in [6.45, 7) is 9.46. The van der Waals surface area contributed by atoms with Crippen molar-refractivity contribution >= 4 is 45.7 Å². The van der Waals surface area contributed by atoms with Crippen LogP contribution in [-0.4, -0.2) is 55.9 Å². The van der Waals surface area contributed by atoms with Crippen LogP contribution in [-0.2, 0) is 26.6 Å². The van der Waals surface area contributed by atoms with Gasteiger partial charge in [-0.05, 0) is 13.3 Å². The molecule has 1 unspecified atom stereocenters. The third kappa shape index (κ3) is 8.89. The van der Waals surface area contributed by atoms with E-state index in [9.17, 15) is 13.2 Å². The van der Waals surface area contributed by atoms with Gasteiger partial charge in [0.1, 0.15) is 12.3 Å². The summed E-state index contributed by atoms with van der Waals surface area (Å²) in [5.74, 6) is 1.90. The minimum atomic E-state index is -3.00. The number of sulfone groups is 1. The SMILES string of the molecule is CCNC(=NCc1ncc(C(C)(C)C)o1)NCCC(=O)NC1CCS(=O)(=O)C1.I. The number of carbonyl (C=O) groups excluding carboxylic acids is 1. The number of aliphatic imine (C=N–C) groups is 1. The average molecular weight is 541 g/mol. The molecule has 11 heteroatoms. The van der Waals surface area contributed by atoms with Crippen LogP contribution in [0.1, 0.15) is 52.2 Å². The number of amides is 1. The number of halogens is 1. The molecule has 2 rings (SSSR count). The van der Waals surface area contributed by atoms with Gasteiger partial charge in [-0.1, -0.05) is 20.8 Å². The monoisotopic (exact) mass is 541 g/mol. The molecule has 1 aliphatic heterocycles. The Kier molecular flexibility index (Phi) is 9.86. The second kappa shape index (κ2) is 11.1. The third-order valence-corrected chi connectivity index (χ3v) is 6.02. The van der Waals surface area contributed by atoms with Gasteiger partial charge in [0.25, 0.3) is 0 Å². The van der Waals surface area contributed by atoms with E-state index in [2.05, 4.69) is 46.7 Å². The Morgan fingerprint density at radius 3 is 2.62 bits per heavy atom. The maximum absolute atomic E-state index is 12.0. The molecule has 1 amide bonds. The molecule has 2 heterocycles. The minimum Gasteiger partial charge on any atom is -0.443 e. The van der Waals surface area contributed by atoms with Crippen LogP contribution in [0.4, 0.5) is 0 Å². The van der Waals surface area contributed by atoms with Crippen molar-refractivity contribution in [3.8, 4) is 0 Å². The highest BCUT2D eigenvalue weighted by molar-refractivity contribution is 14.0. The van der Waals surface area contributed by atoms with Gasteiger partial charge in [-0.15, -0.1) is 24.0 Å². The van der Waals surface area contributed by atoms with Crippen molar-refractivity contribution in [2.75, 3.05) is 24.6 Å². The van der Waals surface area contributed by atoms with E-state index in [1.54, 1.807) is 6.20 Å². The number of aromatic nitrogens is 1. The van der Waals surface area contributed by atoms with E-state index >= 15 is 0 Å². The van der Waals surface area contributed by atoms with Gasteiger partial charge in [0.2, 0.25) is 11.8 Å². The number of hydrogen-bond donors (Lipinski definition) is 3. The molecular weight excluding hydrogens is 509 g/mol. The van der Waals surface area contributed by atoms with Crippen LogP contribution in [0.15, 0.2) is 15.6 Å². The van der Waals surface area contributed by atoms with Gasteiger partial charge >= 0.3 is 0 Å². The van der Waals surface area contributed by atoms with Gasteiger partial charge in [0, 0.05) is 31.0 Å². The van der Waals surface area contributed by atoms with Crippen molar-refractivity contribution < 1.29 is 17.6 Å². The Morgan fingerprint density at radius 1 is 1.34 bits per heavy atom. The first kappa shape index (κ1) is 25.7. The highest BCUT2D eigenvalue weighted by atomic mass is 127. The number of guanidine groups is 1. The second-order valence-corrected chi connectivity index (χ2v) is 10.1. The highest BCUT2D eigenvalue weighted by Crippen LogP contribution is 2.22. The fourth-order valence-electron chi connectivity index (χ4n) is 2.72. The van der Waals surface area contributed by atoms with Crippen LogP contribution >= 0.6 is 24.0 Å². The Morgan fingerprint density at radius 2 is 2.07 bits per heavy atom. The fourth-order valence-corrected chi connectivity index (χ4v) is 4.39. The third-order valence-electron chi connectivity index (χ3n) is 4.25. The molecule has 1 aliphatic rings. The number of rotatable bonds is 7. The van der Waals surface area contributed by atoms with E-state index in [1.165, 1.54) is 0 Å². The standard InChI is InChI=1S/C18H31N5O4S.HI/c1-5-19-17(22-11-16-21-10-14(27-16)18(2,3)4)20-8-6-15(24)23-13-7-9-28(25,26)12-13;/h10,13H,5-9,11-12H2,1-4H3,(H,23,24)(H2,19,20,22);1H. The van der Waals surface area contributed by atoms with Gasteiger partial charge in [0.15, 0.2) is 15.8 Å². The lowest BCUT2D eigenvalue weighted by atomic mass is 9.94. The molecule has 0 aromatic carbocycles. The molecule has 29 heavy (non-hydrogen) atoms. The van der Waals surface area contributed by atoms with Crippen LogP contribution in [0, 0.1) is 0 Å². The van der Waals surface area contributed by atoms with Crippen LogP contribution in [0.2, 0.25) is 0 Å². The summed E-state index contributed by atoms with van der Waals surface area (Å²) in [5, 5.41) is 8.97. The van der Waals surface area contributed by atoms with E-state index < -0.39 is 9.84 Å². The molecule has 3 N–H and O–H groups in total. The number of oxazole rings is 1. The molecule has 1 aromatic heterocycles. The molecule has 0 radical (unpaired) electrons. The molecule has 1 aromatic rings. The zero-order valence-electron chi connectivity index (χ0n) is 17.4. The molecule has 0 aliphatic carbocycles. The first-order chi connectivity index (χ1) is 13.1. The van der Waals surface area contributed by atoms with Gasteiger partial charge in [-0.3, -0.25) is 4.79 Å². The number of hydrogen-bond acceptors (Lipinski definition) is 6. The molecule has 9 nitrogen and oxygen atoms in total. The molecule has 1 atom stereocenters. The minimum absolute atomic E-state index is 0. The number of nitrogens with one attached hydrogen (secondary N) is 3. The highest BCUT2D eigenvalue weighted by Gasteiger charge is 2.28. The van der Waals surface area contributed by atoms with E-state index in [4.69, 9.17) is 4.42 Å². The number of carbonyl (C=O) groups is 1. The predicted octanol–water partition coefficient (Wildman–Crippen LogP) is 1.34. The van der Waals surface area contributed by atoms with Crippen LogP contribution in [0.3, 0.4) is 0 Å². The summed E-state index contributed by atoms with van der Waals surface area (Å²) in [4.78, 5) is 20.7. The first-order valence-corrected chi connectivity index (χ1v) is 11.4. The smallest absolute Gasteiger partial charge is 0.222 e. The summed E-state index contributed by atoms with van der Waals surface area (Å²) < 4.78 is 28.6. The predicted molar refractivity (Wildman–Crippen MR) is 123 cm³/mol. The van der Waals surface area contributed by atoms with Gasteiger partial charge in [-0.25, -0.2) is 18.4 Å². The topological polar surface area (TPSA) is 126 Å². The Labute approximate surface area is 189 Å². The summed E-state index contributed by atoms with van der Waals surface area (Å²) in [6, 6.07) is -0.276. The Balaban J connectivity index is 0.00000420. The summed E-state index contributed by atoms with van der Waals surface area (Å²) in [6.07, 6.45) is 2.44. The van der Waals surface area contributed by atoms with Crippen molar-refractivity contribution in [1.82, 2.24) is 20.9 Å². The summed E-state index contributed by atoms with van der Waals surface area (Å²) >= 11 is 0. The molecule has 0 spiro atoms. The lowest BCUT2D eigenvalue weighted by Crippen LogP contribution is -2.41. The summed E-state index contributed by atoms with van der Waals surface area (Å²) in [7, 11) is -3.00. The second-order valence-electron chi connectivity index (χ2n) is 7.91. The Hall–Kier alpha value is -1.37. The molecule has 0 bridgehead atoms. The van der Waals surface area contributed by atoms with Crippen LogP contribution < -0.4 is 16.0 Å². The normalized spacial score (nSPS) is 18.8. The van der Waals surface area contributed by atoms with Crippen molar-refractivity contribution in [3.63, 3.8) is 0 Å². The lowest BCUT2D eigenvalue weighted by Gasteiger charge is -2.13. The van der Waals surface area contributed by atoms with Crippen LogP contribution in [0.25, 0.3) is 0 Å². The molecular formula is C18H32IN5O4S. The maximum Gasteiger partial charge on any atom is 0.222 e. The Bertz CT molecular complexity index is 801. The molecule has 0 saturated carbocycles.